The minimum absolute atomic E-state index is 0.0959. The van der Waals surface area contributed by atoms with Crippen molar-refractivity contribution < 1.29 is 19.1 Å². The first-order chi connectivity index (χ1) is 16.8. The first kappa shape index (κ1) is 24.2. The molecule has 2 N–H and O–H groups in total. The van der Waals surface area contributed by atoms with Crippen LogP contribution < -0.4 is 15.4 Å². The second kappa shape index (κ2) is 10.6. The Labute approximate surface area is 211 Å². The molecular weight excluding hydrogens is 510 g/mol. The minimum Gasteiger partial charge on any atom is -0.488 e. The SMILES string of the molecule is Cc1ccc(COc2ccc(/C=C3/NC(=O)N(CC(=O)Nc4cccc(C)c4)C3=O)cc2Br)cc1. The lowest BCUT2D eigenvalue weighted by Gasteiger charge is -2.12. The molecule has 3 aromatic rings. The van der Waals surface area contributed by atoms with E-state index >= 15 is 0 Å². The molecule has 3 aromatic carbocycles. The topological polar surface area (TPSA) is 87.7 Å². The second-order valence-electron chi connectivity index (χ2n) is 8.26. The number of imide groups is 1. The molecule has 0 aromatic heterocycles. The Hall–Kier alpha value is -3.91. The molecule has 0 atom stereocenters. The zero-order valence-corrected chi connectivity index (χ0v) is 20.9. The van der Waals surface area contributed by atoms with E-state index in [1.165, 1.54) is 5.56 Å². The Bertz CT molecular complexity index is 1320. The average molecular weight is 534 g/mol. The predicted octanol–water partition coefficient (Wildman–Crippen LogP) is 5.18. The molecule has 35 heavy (non-hydrogen) atoms. The molecule has 0 radical (unpaired) electrons. The highest BCUT2D eigenvalue weighted by atomic mass is 79.9. The Balaban J connectivity index is 1.39. The van der Waals surface area contributed by atoms with Gasteiger partial charge in [0.25, 0.3) is 5.91 Å². The van der Waals surface area contributed by atoms with E-state index in [1.807, 2.05) is 50.2 Å². The fourth-order valence-electron chi connectivity index (χ4n) is 3.52. The van der Waals surface area contributed by atoms with Gasteiger partial charge in [-0.2, -0.15) is 0 Å². The van der Waals surface area contributed by atoms with Gasteiger partial charge < -0.3 is 15.4 Å². The van der Waals surface area contributed by atoms with Crippen molar-refractivity contribution in [1.29, 1.82) is 0 Å². The number of benzene rings is 3. The molecule has 1 aliphatic rings. The largest absolute Gasteiger partial charge is 0.488 e. The smallest absolute Gasteiger partial charge is 0.329 e. The van der Waals surface area contributed by atoms with E-state index in [9.17, 15) is 14.4 Å². The summed E-state index contributed by atoms with van der Waals surface area (Å²) in [5, 5.41) is 5.24. The molecule has 0 bridgehead atoms. The summed E-state index contributed by atoms with van der Waals surface area (Å²) in [6.07, 6.45) is 1.56. The summed E-state index contributed by atoms with van der Waals surface area (Å²) in [6, 6.07) is 20.1. The molecule has 0 spiro atoms. The summed E-state index contributed by atoms with van der Waals surface area (Å²) < 4.78 is 6.60. The minimum atomic E-state index is -0.641. The monoisotopic (exact) mass is 533 g/mol. The Morgan fingerprint density at radius 1 is 1.03 bits per heavy atom. The van der Waals surface area contributed by atoms with Gasteiger partial charge in [-0.1, -0.05) is 48.0 Å². The molecule has 4 rings (SSSR count). The number of amides is 4. The summed E-state index contributed by atoms with van der Waals surface area (Å²) in [4.78, 5) is 38.3. The lowest BCUT2D eigenvalue weighted by Crippen LogP contribution is -2.38. The number of rotatable bonds is 7. The van der Waals surface area contributed by atoms with E-state index in [-0.39, 0.29) is 12.2 Å². The number of aryl methyl sites for hydroxylation is 2. The second-order valence-corrected chi connectivity index (χ2v) is 9.12. The van der Waals surface area contributed by atoms with Gasteiger partial charge in [0.15, 0.2) is 0 Å². The molecule has 1 fully saturated rings. The van der Waals surface area contributed by atoms with E-state index in [0.717, 1.165) is 16.0 Å². The van der Waals surface area contributed by atoms with Crippen LogP contribution in [0.2, 0.25) is 0 Å². The van der Waals surface area contributed by atoms with Crippen molar-refractivity contribution in [3.63, 3.8) is 0 Å². The van der Waals surface area contributed by atoms with Crippen molar-refractivity contribution in [3.05, 3.63) is 99.2 Å². The van der Waals surface area contributed by atoms with Gasteiger partial charge in [-0.05, 0) is 76.8 Å². The zero-order chi connectivity index (χ0) is 24.9. The summed E-state index contributed by atoms with van der Waals surface area (Å²) in [6.45, 7) is 3.98. The van der Waals surface area contributed by atoms with Crippen LogP contribution in [0.5, 0.6) is 5.75 Å². The number of anilines is 1. The van der Waals surface area contributed by atoms with Crippen molar-refractivity contribution in [2.24, 2.45) is 0 Å². The number of halogens is 1. The molecular formula is C27H24BrN3O4. The van der Waals surface area contributed by atoms with Crippen molar-refractivity contribution >= 4 is 45.5 Å². The third-order valence-corrected chi connectivity index (χ3v) is 5.97. The van der Waals surface area contributed by atoms with Crippen LogP contribution in [0.15, 0.2) is 76.9 Å². The highest BCUT2D eigenvalue weighted by Gasteiger charge is 2.34. The van der Waals surface area contributed by atoms with Gasteiger partial charge in [0.1, 0.15) is 24.6 Å². The third-order valence-electron chi connectivity index (χ3n) is 5.35. The lowest BCUT2D eigenvalue weighted by molar-refractivity contribution is -0.127. The van der Waals surface area contributed by atoms with Gasteiger partial charge in [-0.15, -0.1) is 0 Å². The maximum Gasteiger partial charge on any atom is 0.329 e. The van der Waals surface area contributed by atoms with Crippen molar-refractivity contribution in [3.8, 4) is 5.75 Å². The van der Waals surface area contributed by atoms with Crippen LogP contribution in [0.1, 0.15) is 22.3 Å². The van der Waals surface area contributed by atoms with Crippen LogP contribution in [0.4, 0.5) is 10.5 Å². The molecule has 1 aliphatic heterocycles. The van der Waals surface area contributed by atoms with Crippen molar-refractivity contribution in [2.45, 2.75) is 20.5 Å². The number of carbonyl (C=O) groups excluding carboxylic acids is 3. The van der Waals surface area contributed by atoms with Gasteiger partial charge >= 0.3 is 6.03 Å². The molecule has 4 amide bonds. The molecule has 1 heterocycles. The number of carbonyl (C=O) groups is 3. The van der Waals surface area contributed by atoms with Gasteiger partial charge in [0, 0.05) is 5.69 Å². The van der Waals surface area contributed by atoms with E-state index in [1.54, 1.807) is 36.4 Å². The number of ether oxygens (including phenoxy) is 1. The number of hydrogen-bond donors (Lipinski definition) is 2. The van der Waals surface area contributed by atoms with E-state index < -0.39 is 17.8 Å². The quantitative estimate of drug-likeness (QED) is 0.323. The standard InChI is InChI=1S/C27H24BrN3O4/c1-17-6-8-19(9-7-17)16-35-24-11-10-20(13-22(24)28)14-23-26(33)31(27(34)30-23)15-25(32)29-21-5-3-4-18(2)12-21/h3-14H,15-16H2,1-2H3,(H,29,32)(H,30,34)/b23-14+. The summed E-state index contributed by atoms with van der Waals surface area (Å²) in [7, 11) is 0. The Morgan fingerprint density at radius 2 is 1.80 bits per heavy atom. The number of nitrogens with one attached hydrogen (secondary N) is 2. The van der Waals surface area contributed by atoms with Crippen LogP contribution in [0.25, 0.3) is 6.08 Å². The summed E-state index contributed by atoms with van der Waals surface area (Å²) in [5.74, 6) is -0.368. The zero-order valence-electron chi connectivity index (χ0n) is 19.3. The maximum absolute atomic E-state index is 12.8. The number of nitrogens with zero attached hydrogens (tertiary/aromatic N) is 1. The molecule has 8 heteroatoms. The number of urea groups is 1. The van der Waals surface area contributed by atoms with E-state index in [0.29, 0.717) is 28.1 Å². The van der Waals surface area contributed by atoms with Gasteiger partial charge in [-0.25, -0.2) is 9.69 Å². The third kappa shape index (κ3) is 6.16. The highest BCUT2D eigenvalue weighted by Crippen LogP contribution is 2.28. The maximum atomic E-state index is 12.8. The predicted molar refractivity (Wildman–Crippen MR) is 138 cm³/mol. The number of hydrogen-bond acceptors (Lipinski definition) is 4. The molecule has 178 valence electrons. The average Bonchev–Trinajstić information content (AvgIpc) is 3.07. The summed E-state index contributed by atoms with van der Waals surface area (Å²) >= 11 is 3.50. The first-order valence-electron chi connectivity index (χ1n) is 11.0. The molecule has 0 aliphatic carbocycles. The van der Waals surface area contributed by atoms with Crippen LogP contribution in [0.3, 0.4) is 0 Å². The molecule has 0 saturated carbocycles. The highest BCUT2D eigenvalue weighted by molar-refractivity contribution is 9.10. The first-order valence-corrected chi connectivity index (χ1v) is 11.8. The fraction of sp³-hybridized carbons (Fsp3) is 0.148. The Morgan fingerprint density at radius 3 is 2.51 bits per heavy atom. The normalized spacial score (nSPS) is 14.3. The van der Waals surface area contributed by atoms with Gasteiger partial charge in [-0.3, -0.25) is 9.59 Å². The molecule has 7 nitrogen and oxygen atoms in total. The van der Waals surface area contributed by atoms with Crippen LogP contribution in [-0.4, -0.2) is 29.3 Å². The lowest BCUT2D eigenvalue weighted by atomic mass is 10.1. The van der Waals surface area contributed by atoms with Gasteiger partial charge in [0.05, 0.1) is 4.47 Å². The van der Waals surface area contributed by atoms with Crippen LogP contribution in [-0.2, 0) is 16.2 Å². The molecule has 1 saturated heterocycles. The van der Waals surface area contributed by atoms with Gasteiger partial charge in [0.2, 0.25) is 5.91 Å². The Kier molecular flexibility index (Phi) is 7.31. The van der Waals surface area contributed by atoms with Crippen molar-refractivity contribution in [2.75, 3.05) is 11.9 Å². The van der Waals surface area contributed by atoms with Crippen molar-refractivity contribution in [1.82, 2.24) is 10.2 Å². The van der Waals surface area contributed by atoms with Crippen LogP contribution in [0, 0.1) is 13.8 Å². The van der Waals surface area contributed by atoms with Crippen LogP contribution >= 0.6 is 15.9 Å². The van der Waals surface area contributed by atoms with E-state index in [4.69, 9.17) is 4.74 Å². The molecule has 0 unspecified atom stereocenters. The summed E-state index contributed by atoms with van der Waals surface area (Å²) in [5.41, 5.74) is 4.62. The fourth-order valence-corrected chi connectivity index (χ4v) is 4.03. The van der Waals surface area contributed by atoms with E-state index in [2.05, 4.69) is 26.6 Å².